The number of hydrogen-bond donors (Lipinski definition) is 1. The van der Waals surface area contributed by atoms with Gasteiger partial charge >= 0.3 is 0 Å². The normalized spacial score (nSPS) is 15.8. The summed E-state index contributed by atoms with van der Waals surface area (Å²) in [6.07, 6.45) is 4.48. The molecule has 0 spiro atoms. The third-order valence-corrected chi connectivity index (χ3v) is 4.29. The highest BCUT2D eigenvalue weighted by molar-refractivity contribution is 7.10. The zero-order valence-electron chi connectivity index (χ0n) is 11.4. The van der Waals surface area contributed by atoms with Gasteiger partial charge in [0.05, 0.1) is 12.5 Å². The Hall–Kier alpha value is -1.75. The average molecular weight is 287 g/mol. The predicted molar refractivity (Wildman–Crippen MR) is 78.4 cm³/mol. The van der Waals surface area contributed by atoms with Gasteiger partial charge in [0.15, 0.2) is 5.82 Å². The summed E-state index contributed by atoms with van der Waals surface area (Å²) in [6, 6.07) is 5.79. The van der Waals surface area contributed by atoms with E-state index < -0.39 is 0 Å². The second-order valence-electron chi connectivity index (χ2n) is 5.19. The molecule has 1 aliphatic rings. The van der Waals surface area contributed by atoms with Crippen molar-refractivity contribution in [2.45, 2.75) is 32.2 Å². The van der Waals surface area contributed by atoms with E-state index >= 15 is 0 Å². The van der Waals surface area contributed by atoms with Gasteiger partial charge in [0.1, 0.15) is 0 Å². The van der Waals surface area contributed by atoms with Crippen LogP contribution in [0.25, 0.3) is 0 Å². The fourth-order valence-electron chi connectivity index (χ4n) is 2.24. The molecule has 2 heterocycles. The molecule has 5 heteroatoms. The number of nitrogens with zero attached hydrogens (tertiary/aromatic N) is 2. The van der Waals surface area contributed by atoms with E-state index in [1.54, 1.807) is 17.5 Å². The molecule has 3 rings (SSSR count). The minimum Gasteiger partial charge on any atom is -0.345 e. The first kappa shape index (κ1) is 13.2. The highest BCUT2D eigenvalue weighted by Gasteiger charge is 2.35. The number of aryl methyl sites for hydroxylation is 1. The summed E-state index contributed by atoms with van der Waals surface area (Å²) < 4.78 is 0. The van der Waals surface area contributed by atoms with Crippen molar-refractivity contribution in [1.29, 1.82) is 0 Å². The molecule has 1 amide bonds. The minimum absolute atomic E-state index is 0.0395. The molecule has 20 heavy (non-hydrogen) atoms. The Morgan fingerprint density at radius 3 is 3.00 bits per heavy atom. The summed E-state index contributed by atoms with van der Waals surface area (Å²) >= 11 is 1.61. The Kier molecular flexibility index (Phi) is 3.78. The smallest absolute Gasteiger partial charge is 0.225 e. The lowest BCUT2D eigenvalue weighted by Gasteiger charge is -2.17. The van der Waals surface area contributed by atoms with Crippen LogP contribution in [0.2, 0.25) is 0 Å². The van der Waals surface area contributed by atoms with E-state index in [4.69, 9.17) is 0 Å². The Labute approximate surface area is 122 Å². The number of hydrogen-bond acceptors (Lipinski definition) is 4. The van der Waals surface area contributed by atoms with E-state index in [9.17, 15) is 4.79 Å². The van der Waals surface area contributed by atoms with Gasteiger partial charge < -0.3 is 5.32 Å². The molecule has 1 fully saturated rings. The molecular weight excluding hydrogens is 270 g/mol. The largest absolute Gasteiger partial charge is 0.345 e. The molecule has 1 atom stereocenters. The molecule has 1 saturated carbocycles. The zero-order chi connectivity index (χ0) is 13.9. The predicted octanol–water partition coefficient (Wildman–Crippen LogP) is 2.66. The van der Waals surface area contributed by atoms with Crippen LogP contribution in [0.3, 0.4) is 0 Å². The summed E-state index contributed by atoms with van der Waals surface area (Å²) in [5.41, 5.74) is 0.938. The number of aromatic nitrogens is 2. The highest BCUT2D eigenvalue weighted by atomic mass is 32.1. The van der Waals surface area contributed by atoms with Gasteiger partial charge in [-0.15, -0.1) is 11.3 Å². The molecular formula is C15H17N3OS. The van der Waals surface area contributed by atoms with Crippen molar-refractivity contribution in [3.05, 3.63) is 46.2 Å². The number of nitrogens with one attached hydrogen (secondary N) is 1. The molecule has 1 aliphatic carbocycles. The van der Waals surface area contributed by atoms with Gasteiger partial charge in [0.2, 0.25) is 5.91 Å². The highest BCUT2D eigenvalue weighted by Crippen LogP contribution is 2.39. The fourth-order valence-corrected chi connectivity index (χ4v) is 2.94. The lowest BCUT2D eigenvalue weighted by molar-refractivity contribution is -0.121. The van der Waals surface area contributed by atoms with Crippen molar-refractivity contribution < 1.29 is 4.79 Å². The van der Waals surface area contributed by atoms with Crippen LogP contribution < -0.4 is 5.32 Å². The van der Waals surface area contributed by atoms with Gasteiger partial charge in [-0.05, 0) is 43.2 Å². The summed E-state index contributed by atoms with van der Waals surface area (Å²) in [5, 5.41) is 5.09. The van der Waals surface area contributed by atoms with Gasteiger partial charge in [-0.25, -0.2) is 9.97 Å². The van der Waals surface area contributed by atoms with Crippen LogP contribution in [0.1, 0.15) is 35.3 Å². The van der Waals surface area contributed by atoms with E-state index in [1.165, 1.54) is 0 Å². The maximum absolute atomic E-state index is 12.2. The van der Waals surface area contributed by atoms with Crippen LogP contribution in [-0.2, 0) is 11.2 Å². The number of carbonyl (C=O) groups excluding carboxylic acids is 1. The van der Waals surface area contributed by atoms with Crippen LogP contribution >= 0.6 is 11.3 Å². The van der Waals surface area contributed by atoms with E-state index in [2.05, 4.69) is 15.3 Å². The first-order valence-electron chi connectivity index (χ1n) is 6.83. The molecule has 2 aromatic rings. The van der Waals surface area contributed by atoms with Crippen molar-refractivity contribution in [3.63, 3.8) is 0 Å². The number of thiophene rings is 1. The number of rotatable bonds is 5. The molecule has 0 radical (unpaired) electrons. The number of carbonyl (C=O) groups is 1. The van der Waals surface area contributed by atoms with Crippen molar-refractivity contribution in [1.82, 2.24) is 15.3 Å². The molecule has 0 aliphatic heterocycles. The molecule has 2 aromatic heterocycles. The fraction of sp³-hybridized carbons (Fsp3) is 0.400. The monoisotopic (exact) mass is 287 g/mol. The van der Waals surface area contributed by atoms with Crippen LogP contribution in [0, 0.1) is 12.8 Å². The Morgan fingerprint density at radius 1 is 1.50 bits per heavy atom. The first-order chi connectivity index (χ1) is 9.72. The lowest BCUT2D eigenvalue weighted by atomic mass is 10.1. The first-order valence-corrected chi connectivity index (χ1v) is 7.71. The van der Waals surface area contributed by atoms with Gasteiger partial charge in [-0.3, -0.25) is 4.79 Å². The van der Waals surface area contributed by atoms with Gasteiger partial charge in [-0.2, -0.15) is 0 Å². The minimum atomic E-state index is -0.0395. The van der Waals surface area contributed by atoms with Gasteiger partial charge in [0.25, 0.3) is 0 Å². The Balaban J connectivity index is 1.70. The SMILES string of the molecule is Cc1ccnc([C@@H](NC(=O)Cc2cccs2)C2CC2)n1. The van der Waals surface area contributed by atoms with Gasteiger partial charge in [-0.1, -0.05) is 6.07 Å². The molecule has 0 unspecified atom stereocenters. The molecule has 0 saturated heterocycles. The van der Waals surface area contributed by atoms with Crippen molar-refractivity contribution >= 4 is 17.2 Å². The Morgan fingerprint density at radius 2 is 2.35 bits per heavy atom. The van der Waals surface area contributed by atoms with Crippen LogP contribution in [0.5, 0.6) is 0 Å². The van der Waals surface area contributed by atoms with E-state index in [1.807, 2.05) is 30.5 Å². The topological polar surface area (TPSA) is 54.9 Å². The molecule has 1 N–H and O–H groups in total. The summed E-state index contributed by atoms with van der Waals surface area (Å²) in [5.74, 6) is 1.28. The second kappa shape index (κ2) is 5.71. The molecule has 0 bridgehead atoms. The van der Waals surface area contributed by atoms with E-state index in [0.717, 1.165) is 29.2 Å². The maximum Gasteiger partial charge on any atom is 0.225 e. The van der Waals surface area contributed by atoms with E-state index in [-0.39, 0.29) is 11.9 Å². The standard InChI is InChI=1S/C15H17N3OS/c1-10-6-7-16-15(17-10)14(11-4-5-11)18-13(19)9-12-3-2-8-20-12/h2-3,6-8,11,14H,4-5,9H2,1H3,(H,18,19)/t14-/m0/s1. The Bertz CT molecular complexity index is 593. The van der Waals surface area contributed by atoms with Crippen molar-refractivity contribution in [3.8, 4) is 0 Å². The van der Waals surface area contributed by atoms with Crippen LogP contribution in [0.4, 0.5) is 0 Å². The second-order valence-corrected chi connectivity index (χ2v) is 6.23. The third kappa shape index (κ3) is 3.22. The van der Waals surface area contributed by atoms with Crippen molar-refractivity contribution in [2.75, 3.05) is 0 Å². The summed E-state index contributed by atoms with van der Waals surface area (Å²) in [6.45, 7) is 1.95. The van der Waals surface area contributed by atoms with Crippen molar-refractivity contribution in [2.24, 2.45) is 5.92 Å². The third-order valence-electron chi connectivity index (χ3n) is 3.42. The van der Waals surface area contributed by atoms with Crippen LogP contribution in [0.15, 0.2) is 29.8 Å². The summed E-state index contributed by atoms with van der Waals surface area (Å²) in [4.78, 5) is 22.0. The molecule has 4 nitrogen and oxygen atoms in total. The quantitative estimate of drug-likeness (QED) is 0.920. The number of amides is 1. The van der Waals surface area contributed by atoms with Gasteiger partial charge in [0, 0.05) is 16.8 Å². The van der Waals surface area contributed by atoms with E-state index in [0.29, 0.717) is 12.3 Å². The maximum atomic E-state index is 12.2. The molecule has 0 aromatic carbocycles. The average Bonchev–Trinajstić information content (AvgIpc) is 3.14. The van der Waals surface area contributed by atoms with Crippen LogP contribution in [-0.4, -0.2) is 15.9 Å². The summed E-state index contributed by atoms with van der Waals surface area (Å²) in [7, 11) is 0. The zero-order valence-corrected chi connectivity index (χ0v) is 12.2. The molecule has 104 valence electrons. The lowest BCUT2D eigenvalue weighted by Crippen LogP contribution is -2.32.